The summed E-state index contributed by atoms with van der Waals surface area (Å²) in [5.41, 5.74) is 8.22. The van der Waals surface area contributed by atoms with E-state index in [-0.39, 0.29) is 6.04 Å². The Morgan fingerprint density at radius 2 is 1.74 bits per heavy atom. The molecular weight excluding hydrogens is 260 g/mol. The van der Waals surface area contributed by atoms with Crippen molar-refractivity contribution in [2.45, 2.75) is 19.9 Å². The van der Waals surface area contributed by atoms with E-state index in [1.165, 1.54) is 0 Å². The van der Waals surface area contributed by atoms with Gasteiger partial charge in [-0.3, -0.25) is 0 Å². The van der Waals surface area contributed by atoms with Gasteiger partial charge < -0.3 is 15.2 Å². The highest BCUT2D eigenvalue weighted by Gasteiger charge is 2.22. The minimum Gasteiger partial charge on any atom is -0.496 e. The first-order chi connectivity index (χ1) is 9.08. The second-order valence-electron chi connectivity index (χ2n) is 4.24. The van der Waals surface area contributed by atoms with Crippen molar-refractivity contribution in [3.8, 4) is 11.5 Å². The third-order valence-electron chi connectivity index (χ3n) is 3.00. The lowest BCUT2D eigenvalue weighted by atomic mass is 10.0. The van der Waals surface area contributed by atoms with Crippen LogP contribution in [0.5, 0.6) is 11.5 Å². The predicted octanol–water partition coefficient (Wildman–Crippen LogP) is 2.83. The first kappa shape index (κ1) is 13.8. The lowest BCUT2D eigenvalue weighted by Crippen LogP contribution is -2.14. The summed E-state index contributed by atoms with van der Waals surface area (Å²) in [5, 5.41) is 1.01. The molecule has 0 saturated heterocycles. The topological polar surface area (TPSA) is 57.4 Å². The lowest BCUT2D eigenvalue weighted by molar-refractivity contribution is 0.382. The first-order valence-electron chi connectivity index (χ1n) is 5.98. The Hall–Kier alpha value is -1.59. The number of thiazole rings is 1. The molecule has 102 valence electrons. The van der Waals surface area contributed by atoms with Gasteiger partial charge in [-0.25, -0.2) is 4.98 Å². The average molecular weight is 278 g/mol. The molecule has 0 saturated carbocycles. The number of hydrogen-bond donors (Lipinski definition) is 1. The molecule has 2 rings (SSSR count). The summed E-state index contributed by atoms with van der Waals surface area (Å²) in [5.74, 6) is 1.47. The molecule has 0 aliphatic heterocycles. The Balaban J connectivity index is 2.54. The zero-order chi connectivity index (χ0) is 14.0. The smallest absolute Gasteiger partial charge is 0.127 e. The number of nitrogens with two attached hydrogens (primary N) is 1. The fourth-order valence-electron chi connectivity index (χ4n) is 2.15. The number of rotatable bonds is 4. The molecule has 1 aromatic carbocycles. The Bertz CT molecular complexity index is 559. The third-order valence-corrected chi connectivity index (χ3v) is 4.15. The maximum absolute atomic E-state index is 6.39. The van der Waals surface area contributed by atoms with Crippen LogP contribution in [0.4, 0.5) is 0 Å². The second kappa shape index (κ2) is 5.59. The van der Waals surface area contributed by atoms with Crippen LogP contribution >= 0.6 is 11.3 Å². The van der Waals surface area contributed by atoms with E-state index in [9.17, 15) is 0 Å². The van der Waals surface area contributed by atoms with Gasteiger partial charge in [0.2, 0.25) is 0 Å². The van der Waals surface area contributed by atoms with Crippen LogP contribution in [0.2, 0.25) is 0 Å². The molecule has 0 bridgehead atoms. The van der Waals surface area contributed by atoms with Crippen LogP contribution < -0.4 is 15.2 Å². The quantitative estimate of drug-likeness (QED) is 0.934. The molecule has 1 unspecified atom stereocenters. The highest BCUT2D eigenvalue weighted by atomic mass is 32.1. The minimum atomic E-state index is -0.294. The van der Waals surface area contributed by atoms with E-state index in [2.05, 4.69) is 4.98 Å². The zero-order valence-corrected chi connectivity index (χ0v) is 12.4. The standard InChI is InChI=1S/C14H18N2O2S/c1-8-14(19-9(2)16-8)13(15)12-10(17-3)6-5-7-11(12)18-4/h5-7,13H,15H2,1-4H3. The van der Waals surface area contributed by atoms with Gasteiger partial charge in [0.05, 0.1) is 36.5 Å². The van der Waals surface area contributed by atoms with Gasteiger partial charge in [0, 0.05) is 4.88 Å². The van der Waals surface area contributed by atoms with E-state index in [4.69, 9.17) is 15.2 Å². The molecule has 1 atom stereocenters. The highest BCUT2D eigenvalue weighted by molar-refractivity contribution is 7.11. The molecule has 0 amide bonds. The number of hydrogen-bond acceptors (Lipinski definition) is 5. The van der Waals surface area contributed by atoms with Crippen LogP contribution in [-0.4, -0.2) is 19.2 Å². The second-order valence-corrected chi connectivity index (χ2v) is 5.47. The van der Waals surface area contributed by atoms with Gasteiger partial charge in [0.1, 0.15) is 11.5 Å². The largest absolute Gasteiger partial charge is 0.496 e. The van der Waals surface area contributed by atoms with Crippen molar-refractivity contribution in [2.24, 2.45) is 5.73 Å². The summed E-state index contributed by atoms with van der Waals surface area (Å²) >= 11 is 1.61. The molecule has 4 nitrogen and oxygen atoms in total. The van der Waals surface area contributed by atoms with Gasteiger partial charge in [-0.2, -0.15) is 0 Å². The zero-order valence-electron chi connectivity index (χ0n) is 11.6. The summed E-state index contributed by atoms with van der Waals surface area (Å²) in [6, 6.07) is 5.37. The highest BCUT2D eigenvalue weighted by Crippen LogP contribution is 2.38. The van der Waals surface area contributed by atoms with Gasteiger partial charge in [0.25, 0.3) is 0 Å². The maximum atomic E-state index is 6.39. The van der Waals surface area contributed by atoms with Crippen LogP contribution in [-0.2, 0) is 0 Å². The monoisotopic (exact) mass is 278 g/mol. The van der Waals surface area contributed by atoms with Crippen molar-refractivity contribution in [1.29, 1.82) is 0 Å². The van der Waals surface area contributed by atoms with Crippen molar-refractivity contribution < 1.29 is 9.47 Å². The summed E-state index contributed by atoms with van der Waals surface area (Å²) in [6.45, 7) is 3.95. The average Bonchev–Trinajstić information content (AvgIpc) is 2.75. The molecule has 0 aliphatic carbocycles. The number of benzene rings is 1. The van der Waals surface area contributed by atoms with Crippen LogP contribution in [0, 0.1) is 13.8 Å². The van der Waals surface area contributed by atoms with Crippen LogP contribution in [0.3, 0.4) is 0 Å². The first-order valence-corrected chi connectivity index (χ1v) is 6.80. The molecule has 2 N–H and O–H groups in total. The molecule has 19 heavy (non-hydrogen) atoms. The van der Waals surface area contributed by atoms with Crippen molar-refractivity contribution in [3.05, 3.63) is 39.3 Å². The summed E-state index contributed by atoms with van der Waals surface area (Å²) in [7, 11) is 3.27. The Labute approximate surface area is 117 Å². The predicted molar refractivity (Wildman–Crippen MR) is 77.2 cm³/mol. The van der Waals surface area contributed by atoms with E-state index < -0.39 is 0 Å². The normalized spacial score (nSPS) is 12.3. The van der Waals surface area contributed by atoms with Crippen molar-refractivity contribution in [3.63, 3.8) is 0 Å². The van der Waals surface area contributed by atoms with E-state index in [1.54, 1.807) is 25.6 Å². The molecule has 0 aliphatic rings. The number of nitrogens with zero attached hydrogens (tertiary/aromatic N) is 1. The Morgan fingerprint density at radius 3 is 2.16 bits per heavy atom. The minimum absolute atomic E-state index is 0.294. The number of methoxy groups -OCH3 is 2. The van der Waals surface area contributed by atoms with E-state index >= 15 is 0 Å². The molecule has 1 aromatic heterocycles. The lowest BCUT2D eigenvalue weighted by Gasteiger charge is -2.18. The molecule has 0 fully saturated rings. The fraction of sp³-hybridized carbons (Fsp3) is 0.357. The van der Waals surface area contributed by atoms with E-state index in [0.717, 1.165) is 32.6 Å². The van der Waals surface area contributed by atoms with Gasteiger partial charge in [0.15, 0.2) is 0 Å². The van der Waals surface area contributed by atoms with Crippen molar-refractivity contribution in [1.82, 2.24) is 4.98 Å². The molecule has 2 aromatic rings. The Morgan fingerprint density at radius 1 is 1.16 bits per heavy atom. The molecule has 0 radical (unpaired) electrons. The van der Waals surface area contributed by atoms with Gasteiger partial charge in [-0.1, -0.05) is 6.07 Å². The SMILES string of the molecule is COc1cccc(OC)c1C(N)c1sc(C)nc1C. The molecular formula is C14H18N2O2S. The molecule has 0 spiro atoms. The van der Waals surface area contributed by atoms with Crippen molar-refractivity contribution in [2.75, 3.05) is 14.2 Å². The fourth-order valence-corrected chi connectivity index (χ4v) is 3.09. The Kier molecular flexibility index (Phi) is 4.07. The maximum Gasteiger partial charge on any atom is 0.127 e. The van der Waals surface area contributed by atoms with Crippen LogP contribution in [0.15, 0.2) is 18.2 Å². The number of aryl methyl sites for hydroxylation is 2. The van der Waals surface area contributed by atoms with Crippen LogP contribution in [0.1, 0.15) is 27.2 Å². The molecule has 1 heterocycles. The summed E-state index contributed by atoms with van der Waals surface area (Å²) in [4.78, 5) is 5.47. The van der Waals surface area contributed by atoms with E-state index in [1.807, 2.05) is 32.0 Å². The van der Waals surface area contributed by atoms with E-state index in [0.29, 0.717) is 0 Å². The van der Waals surface area contributed by atoms with Gasteiger partial charge in [-0.15, -0.1) is 11.3 Å². The number of aromatic nitrogens is 1. The third kappa shape index (κ3) is 2.57. The van der Waals surface area contributed by atoms with Crippen molar-refractivity contribution >= 4 is 11.3 Å². The summed E-state index contributed by atoms with van der Waals surface area (Å²) < 4.78 is 10.8. The van der Waals surface area contributed by atoms with Gasteiger partial charge >= 0.3 is 0 Å². The van der Waals surface area contributed by atoms with Crippen LogP contribution in [0.25, 0.3) is 0 Å². The summed E-state index contributed by atoms with van der Waals surface area (Å²) in [6.07, 6.45) is 0. The number of ether oxygens (including phenoxy) is 2. The molecule has 5 heteroatoms. The van der Waals surface area contributed by atoms with Gasteiger partial charge in [-0.05, 0) is 26.0 Å².